The summed E-state index contributed by atoms with van der Waals surface area (Å²) in [6.45, 7) is 7.81. The number of piperazine rings is 1. The van der Waals surface area contributed by atoms with Crippen molar-refractivity contribution in [2.75, 3.05) is 19.6 Å². The Morgan fingerprint density at radius 1 is 1.08 bits per heavy atom. The number of rotatable bonds is 2. The van der Waals surface area contributed by atoms with E-state index in [0.29, 0.717) is 12.0 Å². The fraction of sp³-hybridized carbons (Fsp3) is 0.429. The molecule has 2 aromatic carbocycles. The minimum absolute atomic E-state index is 0. The van der Waals surface area contributed by atoms with Gasteiger partial charge in [-0.1, -0.05) is 48.0 Å². The maximum absolute atomic E-state index is 6.35. The van der Waals surface area contributed by atoms with Crippen molar-refractivity contribution in [3.05, 3.63) is 70.2 Å². The molecule has 2 atom stereocenters. The average Bonchev–Trinajstić information content (AvgIpc) is 2.93. The fourth-order valence-electron chi connectivity index (χ4n) is 4.42. The average molecular weight is 377 g/mol. The van der Waals surface area contributed by atoms with E-state index in [0.717, 1.165) is 31.1 Å². The van der Waals surface area contributed by atoms with Gasteiger partial charge in [0.25, 0.3) is 0 Å². The molecule has 134 valence electrons. The van der Waals surface area contributed by atoms with E-state index in [9.17, 15) is 0 Å². The van der Waals surface area contributed by atoms with E-state index in [4.69, 9.17) is 11.6 Å². The SMILES string of the molecule is CC1(C)CN(C2CC(c3ccccc3)c3ccc(Cl)cc32)CCN1.Cl. The molecule has 4 heteroatoms. The van der Waals surface area contributed by atoms with Crippen molar-refractivity contribution in [3.63, 3.8) is 0 Å². The first-order valence-electron chi connectivity index (χ1n) is 8.87. The molecule has 1 heterocycles. The smallest absolute Gasteiger partial charge is 0.0409 e. The fourth-order valence-corrected chi connectivity index (χ4v) is 4.60. The molecule has 0 amide bonds. The predicted octanol–water partition coefficient (Wildman–Crippen LogP) is 5.02. The summed E-state index contributed by atoms with van der Waals surface area (Å²) in [7, 11) is 0. The molecule has 2 aliphatic rings. The van der Waals surface area contributed by atoms with Gasteiger partial charge in [0.05, 0.1) is 0 Å². The zero-order valence-corrected chi connectivity index (χ0v) is 16.4. The van der Waals surface area contributed by atoms with Crippen molar-refractivity contribution in [3.8, 4) is 0 Å². The Labute approximate surface area is 162 Å². The minimum Gasteiger partial charge on any atom is -0.309 e. The summed E-state index contributed by atoms with van der Waals surface area (Å²) in [4.78, 5) is 2.65. The Balaban J connectivity index is 0.00000182. The van der Waals surface area contributed by atoms with Crippen LogP contribution in [0.25, 0.3) is 0 Å². The Morgan fingerprint density at radius 2 is 1.84 bits per heavy atom. The second-order valence-electron chi connectivity index (χ2n) is 7.77. The predicted molar refractivity (Wildman–Crippen MR) is 108 cm³/mol. The van der Waals surface area contributed by atoms with Crippen LogP contribution < -0.4 is 5.32 Å². The van der Waals surface area contributed by atoms with Gasteiger partial charge in [0.1, 0.15) is 0 Å². The van der Waals surface area contributed by atoms with Crippen molar-refractivity contribution in [2.45, 2.75) is 37.8 Å². The summed E-state index contributed by atoms with van der Waals surface area (Å²) in [5, 5.41) is 4.47. The molecule has 0 bridgehead atoms. The van der Waals surface area contributed by atoms with E-state index in [1.54, 1.807) is 0 Å². The molecule has 0 aromatic heterocycles. The number of halogens is 2. The molecule has 2 nitrogen and oxygen atoms in total. The van der Waals surface area contributed by atoms with Crippen LogP contribution in [0.3, 0.4) is 0 Å². The van der Waals surface area contributed by atoms with Crippen LogP contribution in [0.1, 0.15) is 48.9 Å². The third-order valence-corrected chi connectivity index (χ3v) is 5.72. The van der Waals surface area contributed by atoms with Crippen molar-refractivity contribution < 1.29 is 0 Å². The van der Waals surface area contributed by atoms with Gasteiger partial charge < -0.3 is 5.32 Å². The second kappa shape index (κ2) is 7.28. The highest BCUT2D eigenvalue weighted by Gasteiger charge is 2.38. The molecule has 2 unspecified atom stereocenters. The zero-order chi connectivity index (χ0) is 16.7. The summed E-state index contributed by atoms with van der Waals surface area (Å²) in [5.41, 5.74) is 4.46. The third kappa shape index (κ3) is 3.73. The molecule has 1 N–H and O–H groups in total. The monoisotopic (exact) mass is 376 g/mol. The minimum atomic E-state index is 0. The molecular formula is C21H26Cl2N2. The highest BCUT2D eigenvalue weighted by atomic mass is 35.5. The van der Waals surface area contributed by atoms with Crippen LogP contribution in [0.4, 0.5) is 0 Å². The first-order valence-corrected chi connectivity index (χ1v) is 9.25. The summed E-state index contributed by atoms with van der Waals surface area (Å²) < 4.78 is 0. The molecule has 1 aliphatic carbocycles. The van der Waals surface area contributed by atoms with Crippen molar-refractivity contribution in [2.24, 2.45) is 0 Å². The van der Waals surface area contributed by atoms with Gasteiger partial charge in [-0.25, -0.2) is 0 Å². The van der Waals surface area contributed by atoms with Gasteiger partial charge in [0.2, 0.25) is 0 Å². The largest absolute Gasteiger partial charge is 0.309 e. The lowest BCUT2D eigenvalue weighted by molar-refractivity contribution is 0.107. The van der Waals surface area contributed by atoms with Crippen LogP contribution in [-0.2, 0) is 0 Å². The van der Waals surface area contributed by atoms with E-state index in [2.05, 4.69) is 66.5 Å². The van der Waals surface area contributed by atoms with E-state index in [-0.39, 0.29) is 17.9 Å². The second-order valence-corrected chi connectivity index (χ2v) is 8.21. The quantitative estimate of drug-likeness (QED) is 0.790. The molecule has 2 aromatic rings. The first kappa shape index (κ1) is 18.7. The third-order valence-electron chi connectivity index (χ3n) is 5.49. The molecule has 1 fully saturated rings. The topological polar surface area (TPSA) is 15.3 Å². The van der Waals surface area contributed by atoms with Crippen LogP contribution in [-0.4, -0.2) is 30.1 Å². The Kier molecular flexibility index (Phi) is 5.45. The van der Waals surface area contributed by atoms with E-state index in [1.807, 2.05) is 6.07 Å². The summed E-state index contributed by atoms with van der Waals surface area (Å²) >= 11 is 6.35. The molecule has 0 spiro atoms. The van der Waals surface area contributed by atoms with Crippen LogP contribution in [0.2, 0.25) is 5.02 Å². The van der Waals surface area contributed by atoms with E-state index >= 15 is 0 Å². The molecule has 1 aliphatic heterocycles. The number of nitrogens with zero attached hydrogens (tertiary/aromatic N) is 1. The van der Waals surface area contributed by atoms with Crippen LogP contribution >= 0.6 is 24.0 Å². The maximum atomic E-state index is 6.35. The number of hydrogen-bond donors (Lipinski definition) is 1. The van der Waals surface area contributed by atoms with Gasteiger partial charge in [-0.2, -0.15) is 0 Å². The first-order chi connectivity index (χ1) is 11.5. The number of fused-ring (bicyclic) bond motifs is 1. The Hall–Kier alpha value is -1.06. The van der Waals surface area contributed by atoms with Crippen molar-refractivity contribution in [1.29, 1.82) is 0 Å². The summed E-state index contributed by atoms with van der Waals surface area (Å²) in [6.07, 6.45) is 1.15. The lowest BCUT2D eigenvalue weighted by atomic mass is 9.93. The molecule has 0 saturated carbocycles. The number of nitrogens with one attached hydrogen (secondary N) is 1. The maximum Gasteiger partial charge on any atom is 0.0409 e. The van der Waals surface area contributed by atoms with Gasteiger partial charge in [-0.3, -0.25) is 4.90 Å². The van der Waals surface area contributed by atoms with Crippen LogP contribution in [0, 0.1) is 0 Å². The zero-order valence-electron chi connectivity index (χ0n) is 14.8. The molecular weight excluding hydrogens is 351 g/mol. The van der Waals surface area contributed by atoms with Gasteiger partial charge in [0, 0.05) is 42.2 Å². The lowest BCUT2D eigenvalue weighted by Crippen LogP contribution is -2.57. The van der Waals surface area contributed by atoms with Gasteiger partial charge >= 0.3 is 0 Å². The Bertz CT molecular complexity index is 730. The van der Waals surface area contributed by atoms with E-state index < -0.39 is 0 Å². The molecule has 0 radical (unpaired) electrons. The van der Waals surface area contributed by atoms with Gasteiger partial charge in [0.15, 0.2) is 0 Å². The van der Waals surface area contributed by atoms with E-state index in [1.165, 1.54) is 16.7 Å². The Morgan fingerprint density at radius 3 is 2.56 bits per heavy atom. The van der Waals surface area contributed by atoms with Crippen molar-refractivity contribution in [1.82, 2.24) is 10.2 Å². The van der Waals surface area contributed by atoms with Gasteiger partial charge in [-0.15, -0.1) is 12.4 Å². The summed E-state index contributed by atoms with van der Waals surface area (Å²) in [5.74, 6) is 0.474. The normalized spacial score (nSPS) is 25.2. The van der Waals surface area contributed by atoms with Crippen LogP contribution in [0.5, 0.6) is 0 Å². The lowest BCUT2D eigenvalue weighted by Gasteiger charge is -2.42. The molecule has 4 rings (SSSR count). The standard InChI is InChI=1S/C21H25ClN2.ClH/c1-21(2)14-24(11-10-23-21)20-13-18(15-6-4-3-5-7-15)17-9-8-16(22)12-19(17)20;/h3-9,12,18,20,23H,10-11,13-14H2,1-2H3;1H. The van der Waals surface area contributed by atoms with Crippen LogP contribution in [0.15, 0.2) is 48.5 Å². The summed E-state index contributed by atoms with van der Waals surface area (Å²) in [6, 6.07) is 17.8. The highest BCUT2D eigenvalue weighted by molar-refractivity contribution is 6.30. The molecule has 1 saturated heterocycles. The number of benzene rings is 2. The highest BCUT2D eigenvalue weighted by Crippen LogP contribution is 2.47. The van der Waals surface area contributed by atoms with Crippen molar-refractivity contribution >= 4 is 24.0 Å². The molecule has 25 heavy (non-hydrogen) atoms. The number of hydrogen-bond acceptors (Lipinski definition) is 2. The van der Waals surface area contributed by atoms with Gasteiger partial charge in [-0.05, 0) is 49.1 Å².